The highest BCUT2D eigenvalue weighted by Crippen LogP contribution is 2.46. The second-order valence-electron chi connectivity index (χ2n) is 7.95. The number of carbonyl (C=O) groups is 1. The summed E-state index contributed by atoms with van der Waals surface area (Å²) in [4.78, 5) is 23.1. The minimum absolute atomic E-state index is 0.207. The number of nitrogens with one attached hydrogen (secondary N) is 1. The lowest BCUT2D eigenvalue weighted by molar-refractivity contribution is -0.117. The van der Waals surface area contributed by atoms with Crippen molar-refractivity contribution in [2.24, 2.45) is 0 Å². The van der Waals surface area contributed by atoms with Crippen LogP contribution in [0, 0.1) is 11.3 Å². The van der Waals surface area contributed by atoms with Gasteiger partial charge in [-0.3, -0.25) is 4.79 Å². The molecule has 0 unspecified atom stereocenters. The van der Waals surface area contributed by atoms with E-state index in [1.807, 2.05) is 0 Å². The summed E-state index contributed by atoms with van der Waals surface area (Å²) in [6.07, 6.45) is 6.77. The van der Waals surface area contributed by atoms with Crippen LogP contribution in [0.25, 0.3) is 11.5 Å². The zero-order valence-electron chi connectivity index (χ0n) is 16.6. The molecule has 1 amide bonds. The minimum Gasteiger partial charge on any atom is -0.324 e. The normalized spacial score (nSPS) is 16.8. The molecule has 0 spiro atoms. The van der Waals surface area contributed by atoms with Gasteiger partial charge in [0.1, 0.15) is 11.6 Å². The van der Waals surface area contributed by atoms with E-state index in [4.69, 9.17) is 11.6 Å². The zero-order valence-corrected chi connectivity index (χ0v) is 17.4. The fourth-order valence-electron chi connectivity index (χ4n) is 4.12. The third kappa shape index (κ3) is 3.10. The average molecular weight is 434 g/mol. The predicted molar refractivity (Wildman–Crippen MR) is 111 cm³/mol. The summed E-state index contributed by atoms with van der Waals surface area (Å²) in [5.74, 6) is -0.343. The summed E-state index contributed by atoms with van der Waals surface area (Å²) >= 11 is 6.07. The first-order valence-electron chi connectivity index (χ1n) is 9.50. The molecule has 0 saturated heterocycles. The summed E-state index contributed by atoms with van der Waals surface area (Å²) in [5, 5.41) is 25.1. The smallest absolute Gasteiger partial charge is 0.232 e. The third-order valence-corrected chi connectivity index (χ3v) is 5.58. The van der Waals surface area contributed by atoms with E-state index in [0.29, 0.717) is 28.7 Å². The molecule has 0 aliphatic heterocycles. The highest BCUT2D eigenvalue weighted by atomic mass is 35.5. The number of hydrogen-bond donors (Lipinski definition) is 1. The van der Waals surface area contributed by atoms with Gasteiger partial charge < -0.3 is 5.32 Å². The van der Waals surface area contributed by atoms with Gasteiger partial charge in [-0.2, -0.15) is 20.6 Å². The highest BCUT2D eigenvalue weighted by Gasteiger charge is 2.43. The molecule has 0 bridgehead atoms. The number of nitrogens with zero attached hydrogens (tertiary/aromatic N) is 8. The van der Waals surface area contributed by atoms with Crippen molar-refractivity contribution in [3.63, 3.8) is 0 Å². The van der Waals surface area contributed by atoms with Crippen molar-refractivity contribution in [1.82, 2.24) is 34.6 Å². The second kappa shape index (κ2) is 6.85. The lowest BCUT2D eigenvalue weighted by Gasteiger charge is -2.19. The second-order valence-corrected chi connectivity index (χ2v) is 8.34. The van der Waals surface area contributed by atoms with E-state index >= 15 is 0 Å². The third-order valence-electron chi connectivity index (χ3n) is 5.39. The fraction of sp³-hybridized carbons (Fsp3) is 0.250. The Kier molecular flexibility index (Phi) is 4.23. The topological polar surface area (TPSA) is 127 Å². The molecule has 1 N–H and O–H groups in total. The number of hydrogen-bond acceptors (Lipinski definition) is 7. The summed E-state index contributed by atoms with van der Waals surface area (Å²) in [6, 6.07) is 5.32. The molecular formula is C20H16ClN9O. The Morgan fingerprint density at radius 3 is 2.77 bits per heavy atom. The molecule has 1 aliphatic carbocycles. The SMILES string of the molecule is CC1(C)C[C@@H](C(=O)Nc2cnc(-n3nccn3)c(C#N)c2)c2cnc3cc(Cl)nn3c21. The molecule has 1 atom stereocenters. The van der Waals surface area contributed by atoms with Gasteiger partial charge in [0.05, 0.1) is 35.9 Å². The van der Waals surface area contributed by atoms with Crippen LogP contribution in [0.2, 0.25) is 5.15 Å². The number of amides is 1. The number of carbonyl (C=O) groups excluding carboxylic acids is 1. The molecule has 0 radical (unpaired) electrons. The van der Waals surface area contributed by atoms with Gasteiger partial charge in [0, 0.05) is 23.2 Å². The van der Waals surface area contributed by atoms with Crippen LogP contribution >= 0.6 is 11.6 Å². The van der Waals surface area contributed by atoms with Crippen LogP contribution in [0.15, 0.2) is 36.9 Å². The molecule has 5 rings (SSSR count). The molecule has 0 aromatic carbocycles. The van der Waals surface area contributed by atoms with E-state index in [-0.39, 0.29) is 16.9 Å². The Morgan fingerprint density at radius 2 is 2.03 bits per heavy atom. The molecule has 10 nitrogen and oxygen atoms in total. The number of anilines is 1. The first kappa shape index (κ1) is 19.1. The van der Waals surface area contributed by atoms with Gasteiger partial charge in [-0.15, -0.1) is 4.80 Å². The van der Waals surface area contributed by atoms with Crippen LogP contribution in [-0.2, 0) is 10.2 Å². The summed E-state index contributed by atoms with van der Waals surface area (Å²) < 4.78 is 1.71. The molecule has 31 heavy (non-hydrogen) atoms. The summed E-state index contributed by atoms with van der Waals surface area (Å²) in [7, 11) is 0. The zero-order chi connectivity index (χ0) is 21.8. The van der Waals surface area contributed by atoms with Gasteiger partial charge in [0.2, 0.25) is 5.91 Å². The van der Waals surface area contributed by atoms with Crippen molar-refractivity contribution in [1.29, 1.82) is 5.26 Å². The van der Waals surface area contributed by atoms with Crippen LogP contribution in [0.4, 0.5) is 5.69 Å². The van der Waals surface area contributed by atoms with Crippen molar-refractivity contribution in [2.45, 2.75) is 31.6 Å². The molecule has 4 aromatic heterocycles. The highest BCUT2D eigenvalue weighted by molar-refractivity contribution is 6.29. The van der Waals surface area contributed by atoms with Gasteiger partial charge in [-0.05, 0) is 12.5 Å². The fourth-order valence-corrected chi connectivity index (χ4v) is 4.30. The Hall–Kier alpha value is -3.84. The Labute approximate surface area is 181 Å². The molecule has 11 heteroatoms. The molecule has 1 aliphatic rings. The molecule has 4 heterocycles. The number of fused-ring (bicyclic) bond motifs is 3. The van der Waals surface area contributed by atoms with Crippen molar-refractivity contribution in [2.75, 3.05) is 5.32 Å². The molecule has 4 aromatic rings. The van der Waals surface area contributed by atoms with Crippen LogP contribution in [0.1, 0.15) is 43.0 Å². The van der Waals surface area contributed by atoms with Crippen LogP contribution in [0.3, 0.4) is 0 Å². The van der Waals surface area contributed by atoms with E-state index in [1.165, 1.54) is 23.4 Å². The van der Waals surface area contributed by atoms with Gasteiger partial charge in [0.25, 0.3) is 0 Å². The molecule has 154 valence electrons. The Bertz CT molecular complexity index is 1370. The first-order valence-corrected chi connectivity index (χ1v) is 9.87. The first-order chi connectivity index (χ1) is 14.9. The van der Waals surface area contributed by atoms with Crippen LogP contribution in [-0.4, -0.2) is 40.5 Å². The van der Waals surface area contributed by atoms with Crippen molar-refractivity contribution < 1.29 is 4.79 Å². The Balaban J connectivity index is 1.47. The van der Waals surface area contributed by atoms with Gasteiger partial charge >= 0.3 is 0 Å². The minimum atomic E-state index is -0.428. The average Bonchev–Trinajstić information content (AvgIpc) is 3.44. The summed E-state index contributed by atoms with van der Waals surface area (Å²) in [6.45, 7) is 4.13. The maximum Gasteiger partial charge on any atom is 0.232 e. The molecule has 0 saturated carbocycles. The monoisotopic (exact) mass is 433 g/mol. The number of rotatable bonds is 3. The van der Waals surface area contributed by atoms with Crippen molar-refractivity contribution >= 4 is 28.8 Å². The molecule has 0 fully saturated rings. The van der Waals surface area contributed by atoms with Gasteiger partial charge in [-0.25, -0.2) is 14.5 Å². The van der Waals surface area contributed by atoms with Crippen molar-refractivity contribution in [3.05, 3.63) is 58.9 Å². The summed E-state index contributed by atoms with van der Waals surface area (Å²) in [5.41, 5.74) is 2.72. The number of halogens is 1. The standard InChI is InChI=1S/C20H16ClN9O/c1-20(2)7-13(14-10-23-16-6-15(21)28-29(16)17(14)20)19(31)27-12-5-11(8-22)18(24-9-12)30-25-3-4-26-30/h3-6,9-10,13H,7H2,1-2H3,(H,27,31)/t13-/m1/s1. The number of nitriles is 1. The lowest BCUT2D eigenvalue weighted by Crippen LogP contribution is -2.22. The maximum atomic E-state index is 13.2. The van der Waals surface area contributed by atoms with Crippen LogP contribution < -0.4 is 5.32 Å². The van der Waals surface area contributed by atoms with E-state index in [9.17, 15) is 10.1 Å². The van der Waals surface area contributed by atoms with E-state index in [1.54, 1.807) is 22.8 Å². The van der Waals surface area contributed by atoms with Gasteiger partial charge in [-0.1, -0.05) is 25.4 Å². The predicted octanol–water partition coefficient (Wildman–Crippen LogP) is 2.63. The largest absolute Gasteiger partial charge is 0.324 e. The van der Waals surface area contributed by atoms with E-state index < -0.39 is 5.92 Å². The van der Waals surface area contributed by atoms with Gasteiger partial charge in [0.15, 0.2) is 16.6 Å². The lowest BCUT2D eigenvalue weighted by atomic mass is 9.88. The molecular weight excluding hydrogens is 418 g/mol. The number of aromatic nitrogens is 7. The maximum absolute atomic E-state index is 13.2. The quantitative estimate of drug-likeness (QED) is 0.526. The van der Waals surface area contributed by atoms with E-state index in [0.717, 1.165) is 11.3 Å². The Morgan fingerprint density at radius 1 is 1.26 bits per heavy atom. The van der Waals surface area contributed by atoms with Crippen LogP contribution in [0.5, 0.6) is 0 Å². The number of pyridine rings is 1. The van der Waals surface area contributed by atoms with Crippen molar-refractivity contribution in [3.8, 4) is 11.9 Å². The van der Waals surface area contributed by atoms with E-state index in [2.05, 4.69) is 50.5 Å².